The van der Waals surface area contributed by atoms with Crippen LogP contribution in [0.15, 0.2) is 11.6 Å². The SMILES string of the molecule is CCCC/C=C(\C=N)C(=O)S. The molecule has 1 N–H and O–H groups in total. The smallest absolute Gasteiger partial charge is 0.217 e. The average molecular weight is 171 g/mol. The monoisotopic (exact) mass is 171 g/mol. The van der Waals surface area contributed by atoms with E-state index in [1.807, 2.05) is 0 Å². The molecular weight excluding hydrogens is 158 g/mol. The molecule has 62 valence electrons. The van der Waals surface area contributed by atoms with Crippen LogP contribution in [0.1, 0.15) is 26.2 Å². The minimum atomic E-state index is -0.323. The van der Waals surface area contributed by atoms with Gasteiger partial charge in [-0.3, -0.25) is 4.79 Å². The molecule has 0 aliphatic rings. The van der Waals surface area contributed by atoms with Crippen LogP contribution in [0.4, 0.5) is 0 Å². The molecule has 0 fully saturated rings. The number of hydrogen-bond acceptors (Lipinski definition) is 2. The predicted molar refractivity (Wildman–Crippen MR) is 50.4 cm³/mol. The largest absolute Gasteiger partial charge is 0.308 e. The van der Waals surface area contributed by atoms with E-state index in [2.05, 4.69) is 19.6 Å². The Morgan fingerprint density at radius 2 is 2.27 bits per heavy atom. The van der Waals surface area contributed by atoms with E-state index in [-0.39, 0.29) is 5.12 Å². The topological polar surface area (TPSA) is 40.9 Å². The summed E-state index contributed by atoms with van der Waals surface area (Å²) in [6.07, 6.45) is 5.81. The zero-order valence-electron chi connectivity index (χ0n) is 6.63. The second kappa shape index (κ2) is 6.16. The molecule has 0 aliphatic heterocycles. The Labute approximate surface area is 72.6 Å². The molecular formula is C8H13NOS. The minimum Gasteiger partial charge on any atom is -0.308 e. The van der Waals surface area contributed by atoms with Gasteiger partial charge >= 0.3 is 0 Å². The Hall–Kier alpha value is -0.570. The molecule has 0 atom stereocenters. The lowest BCUT2D eigenvalue weighted by molar-refractivity contribution is -0.107. The molecule has 0 saturated heterocycles. The van der Waals surface area contributed by atoms with Crippen molar-refractivity contribution in [2.75, 3.05) is 0 Å². The van der Waals surface area contributed by atoms with E-state index in [4.69, 9.17) is 5.41 Å². The van der Waals surface area contributed by atoms with Crippen LogP contribution in [-0.2, 0) is 4.79 Å². The highest BCUT2D eigenvalue weighted by Gasteiger charge is 1.98. The van der Waals surface area contributed by atoms with E-state index in [9.17, 15) is 4.79 Å². The van der Waals surface area contributed by atoms with E-state index >= 15 is 0 Å². The van der Waals surface area contributed by atoms with Crippen LogP contribution < -0.4 is 0 Å². The van der Waals surface area contributed by atoms with Gasteiger partial charge in [0.1, 0.15) is 0 Å². The minimum absolute atomic E-state index is 0.323. The number of carbonyl (C=O) groups is 1. The zero-order chi connectivity index (χ0) is 8.69. The van der Waals surface area contributed by atoms with Crippen molar-refractivity contribution in [3.05, 3.63) is 11.6 Å². The van der Waals surface area contributed by atoms with Gasteiger partial charge in [0.05, 0.1) is 0 Å². The van der Waals surface area contributed by atoms with Crippen molar-refractivity contribution in [2.24, 2.45) is 0 Å². The molecule has 0 amide bonds. The van der Waals surface area contributed by atoms with Gasteiger partial charge < -0.3 is 5.41 Å². The van der Waals surface area contributed by atoms with Crippen LogP contribution in [0.5, 0.6) is 0 Å². The molecule has 0 radical (unpaired) electrons. The summed E-state index contributed by atoms with van der Waals surface area (Å²) >= 11 is 3.62. The van der Waals surface area contributed by atoms with E-state index in [0.29, 0.717) is 5.57 Å². The zero-order valence-corrected chi connectivity index (χ0v) is 7.53. The Morgan fingerprint density at radius 1 is 1.64 bits per heavy atom. The third-order valence-electron chi connectivity index (χ3n) is 1.32. The van der Waals surface area contributed by atoms with Crippen molar-refractivity contribution in [2.45, 2.75) is 26.2 Å². The molecule has 3 heteroatoms. The Balaban J connectivity index is 3.91. The van der Waals surface area contributed by atoms with E-state index in [1.165, 1.54) is 0 Å². The highest BCUT2D eigenvalue weighted by Crippen LogP contribution is 2.02. The molecule has 0 rings (SSSR count). The van der Waals surface area contributed by atoms with Crippen LogP contribution in [0.3, 0.4) is 0 Å². The summed E-state index contributed by atoms with van der Waals surface area (Å²) < 4.78 is 0. The van der Waals surface area contributed by atoms with E-state index < -0.39 is 0 Å². The van der Waals surface area contributed by atoms with E-state index in [1.54, 1.807) is 6.08 Å². The predicted octanol–water partition coefficient (Wildman–Crippen LogP) is 2.21. The summed E-state index contributed by atoms with van der Waals surface area (Å²) in [5.74, 6) is 0. The third-order valence-corrected chi connectivity index (χ3v) is 1.58. The molecule has 0 bridgehead atoms. The fourth-order valence-electron chi connectivity index (χ4n) is 0.670. The summed E-state index contributed by atoms with van der Waals surface area (Å²) in [6, 6.07) is 0. The van der Waals surface area contributed by atoms with Crippen molar-refractivity contribution < 1.29 is 4.79 Å². The van der Waals surface area contributed by atoms with Gasteiger partial charge in [-0.2, -0.15) is 0 Å². The van der Waals surface area contributed by atoms with Gasteiger partial charge in [0.15, 0.2) is 0 Å². The van der Waals surface area contributed by atoms with Crippen molar-refractivity contribution in [3.8, 4) is 0 Å². The first-order chi connectivity index (χ1) is 5.22. The second-order valence-electron chi connectivity index (χ2n) is 2.25. The molecule has 0 aromatic heterocycles. The molecule has 0 aromatic carbocycles. The normalized spacial score (nSPS) is 11.3. The molecule has 0 unspecified atom stereocenters. The maximum absolute atomic E-state index is 10.6. The molecule has 0 saturated carbocycles. The van der Waals surface area contributed by atoms with Crippen LogP contribution in [-0.4, -0.2) is 11.3 Å². The van der Waals surface area contributed by atoms with Crippen LogP contribution in [0.2, 0.25) is 0 Å². The summed E-state index contributed by atoms with van der Waals surface area (Å²) in [5, 5.41) is 6.54. The molecule has 0 aliphatic carbocycles. The van der Waals surface area contributed by atoms with Crippen molar-refractivity contribution >= 4 is 24.0 Å². The number of unbranched alkanes of at least 4 members (excludes halogenated alkanes) is 2. The van der Waals surface area contributed by atoms with Gasteiger partial charge in [-0.05, 0) is 6.42 Å². The quantitative estimate of drug-likeness (QED) is 0.283. The van der Waals surface area contributed by atoms with Gasteiger partial charge in [-0.15, -0.1) is 12.6 Å². The number of carbonyl (C=O) groups excluding carboxylic acids is 1. The lowest BCUT2D eigenvalue weighted by Gasteiger charge is -1.92. The van der Waals surface area contributed by atoms with Gasteiger partial charge in [0.25, 0.3) is 0 Å². The lowest BCUT2D eigenvalue weighted by Crippen LogP contribution is -1.93. The van der Waals surface area contributed by atoms with Crippen molar-refractivity contribution in [3.63, 3.8) is 0 Å². The van der Waals surface area contributed by atoms with Crippen LogP contribution >= 0.6 is 12.6 Å². The standard InChI is InChI=1S/C8H13NOS/c1-2-3-4-5-7(6-9)8(10)11/h5-6,9H,2-4H2,1H3,(H,10,11)/b7-5+,9-6?. The summed E-state index contributed by atoms with van der Waals surface area (Å²) in [5.41, 5.74) is 0.391. The molecule has 0 aromatic rings. The van der Waals surface area contributed by atoms with Gasteiger partial charge in [-0.1, -0.05) is 25.8 Å². The van der Waals surface area contributed by atoms with Gasteiger partial charge in [0, 0.05) is 11.8 Å². The molecule has 0 spiro atoms. The average Bonchev–Trinajstić information content (AvgIpc) is 1.97. The van der Waals surface area contributed by atoms with Gasteiger partial charge in [-0.25, -0.2) is 0 Å². The number of thiol groups is 1. The molecule has 2 nitrogen and oxygen atoms in total. The summed E-state index contributed by atoms with van der Waals surface area (Å²) in [7, 11) is 0. The number of rotatable bonds is 5. The van der Waals surface area contributed by atoms with Crippen molar-refractivity contribution in [1.82, 2.24) is 0 Å². The first kappa shape index (κ1) is 10.4. The summed E-state index contributed by atoms with van der Waals surface area (Å²) in [4.78, 5) is 10.6. The van der Waals surface area contributed by atoms with Crippen LogP contribution in [0.25, 0.3) is 0 Å². The molecule has 0 heterocycles. The first-order valence-corrected chi connectivity index (χ1v) is 4.11. The second-order valence-corrected chi connectivity index (χ2v) is 2.66. The molecule has 11 heavy (non-hydrogen) atoms. The summed E-state index contributed by atoms with van der Waals surface area (Å²) in [6.45, 7) is 2.08. The lowest BCUT2D eigenvalue weighted by atomic mass is 10.2. The number of hydrogen-bond donors (Lipinski definition) is 2. The number of nitrogens with one attached hydrogen (secondary N) is 1. The van der Waals surface area contributed by atoms with E-state index in [0.717, 1.165) is 25.5 Å². The third kappa shape index (κ3) is 4.79. The van der Waals surface area contributed by atoms with Gasteiger partial charge in [0.2, 0.25) is 5.12 Å². The Kier molecular flexibility index (Phi) is 5.84. The van der Waals surface area contributed by atoms with Crippen LogP contribution in [0, 0.1) is 5.41 Å². The Bertz CT molecular complexity index is 175. The maximum Gasteiger partial charge on any atom is 0.217 e. The highest BCUT2D eigenvalue weighted by atomic mass is 32.1. The Morgan fingerprint density at radius 3 is 2.64 bits per heavy atom. The fraction of sp³-hybridized carbons (Fsp3) is 0.500. The van der Waals surface area contributed by atoms with Crippen molar-refractivity contribution in [1.29, 1.82) is 5.41 Å². The first-order valence-electron chi connectivity index (χ1n) is 3.66. The fourth-order valence-corrected chi connectivity index (χ4v) is 0.825. The number of allylic oxidation sites excluding steroid dienone is 1. The highest BCUT2D eigenvalue weighted by molar-refractivity contribution is 7.97. The maximum atomic E-state index is 10.6.